The molecule has 2 aliphatic rings. The number of amides is 6. The van der Waals surface area contributed by atoms with Crippen LogP contribution < -0.4 is 21.7 Å². The van der Waals surface area contributed by atoms with Gasteiger partial charge in [-0.1, -0.05) is 39.8 Å². The van der Waals surface area contributed by atoms with E-state index in [1.54, 1.807) is 12.1 Å². The standard InChI is InChI=1S/C38H53N7O10/c1-22(2)16-26(34(49)42-27(38(53)54)18-24-10-12-25(46)13-11-24)41-35(50)29(8-5-6-14-39)43-20-32-44(37(52)30-9-7-15-55-30)19-28(40-31(47)17-23(3)4)36(51)45(32)21-33(43)48/h7,9-13,15,22-23,26-29,32,46H,5-6,8,14,16-21,39H2,1-4H3,(H,40,47)(H,41,50)(H,42,49)(H,53,54). The average molecular weight is 768 g/mol. The van der Waals surface area contributed by atoms with Crippen LogP contribution in [0.2, 0.25) is 0 Å². The SMILES string of the molecule is CC(C)CC(=O)NC1CN(C(=O)c2ccco2)C2CN(C(CCCCN)C(=O)NC(CC(C)C)C(=O)NC(Cc3ccc(O)cc3)C(=O)O)C(=O)CN2C1=O. The number of carboxylic acid groups (broad SMARTS) is 1. The van der Waals surface area contributed by atoms with E-state index in [0.717, 1.165) is 0 Å². The van der Waals surface area contributed by atoms with Gasteiger partial charge in [0.1, 0.15) is 42.6 Å². The van der Waals surface area contributed by atoms with Gasteiger partial charge in [-0.15, -0.1) is 0 Å². The molecule has 55 heavy (non-hydrogen) atoms. The first-order valence-corrected chi connectivity index (χ1v) is 18.6. The summed E-state index contributed by atoms with van der Waals surface area (Å²) in [7, 11) is 0. The molecule has 300 valence electrons. The van der Waals surface area contributed by atoms with Crippen LogP contribution in [0.5, 0.6) is 5.75 Å². The number of hydrogen-bond acceptors (Lipinski definition) is 10. The van der Waals surface area contributed by atoms with Gasteiger partial charge in [-0.05, 0) is 73.9 Å². The topological polar surface area (TPSA) is 245 Å². The molecule has 0 saturated carbocycles. The van der Waals surface area contributed by atoms with Crippen LogP contribution in [0, 0.1) is 11.8 Å². The lowest BCUT2D eigenvalue weighted by Crippen LogP contribution is -2.74. The van der Waals surface area contributed by atoms with Crippen molar-refractivity contribution in [2.75, 3.05) is 26.2 Å². The van der Waals surface area contributed by atoms with Crippen molar-refractivity contribution in [2.45, 2.75) is 96.6 Å². The number of piperazine rings is 1. The summed E-state index contributed by atoms with van der Waals surface area (Å²) in [6, 6.07) is 4.10. The number of carboxylic acids is 1. The summed E-state index contributed by atoms with van der Waals surface area (Å²) < 4.78 is 5.38. The fraction of sp³-hybridized carbons (Fsp3) is 0.553. The molecule has 5 atom stereocenters. The number of fused-ring (bicyclic) bond motifs is 1. The highest BCUT2D eigenvalue weighted by Gasteiger charge is 2.50. The fourth-order valence-corrected chi connectivity index (χ4v) is 6.82. The third kappa shape index (κ3) is 11.3. The number of benzene rings is 1. The van der Waals surface area contributed by atoms with Gasteiger partial charge in [0.2, 0.25) is 29.5 Å². The molecule has 0 spiro atoms. The van der Waals surface area contributed by atoms with E-state index in [-0.39, 0.29) is 68.0 Å². The molecule has 17 nitrogen and oxygen atoms in total. The first kappa shape index (κ1) is 42.3. The van der Waals surface area contributed by atoms with Crippen molar-refractivity contribution in [3.8, 4) is 5.75 Å². The van der Waals surface area contributed by atoms with Crippen LogP contribution in [-0.4, -0.2) is 123 Å². The first-order valence-electron chi connectivity index (χ1n) is 18.6. The summed E-state index contributed by atoms with van der Waals surface area (Å²) in [5.74, 6) is -4.90. The van der Waals surface area contributed by atoms with E-state index in [0.29, 0.717) is 24.9 Å². The number of nitrogens with two attached hydrogens (primary N) is 1. The number of phenols is 1. The number of carbonyl (C=O) groups excluding carboxylic acids is 6. The third-order valence-corrected chi connectivity index (χ3v) is 9.53. The number of nitrogens with one attached hydrogen (secondary N) is 3. The molecule has 2 aliphatic heterocycles. The molecule has 7 N–H and O–H groups in total. The number of rotatable bonds is 18. The summed E-state index contributed by atoms with van der Waals surface area (Å²) in [5, 5.41) is 27.5. The molecular formula is C38H53N7O10. The van der Waals surface area contributed by atoms with Gasteiger partial charge in [-0.2, -0.15) is 0 Å². The number of phenolic OH excluding ortho intramolecular Hbond substituents is 1. The van der Waals surface area contributed by atoms with Gasteiger partial charge in [-0.3, -0.25) is 28.8 Å². The second-order valence-corrected chi connectivity index (χ2v) is 14.9. The molecule has 4 rings (SSSR count). The van der Waals surface area contributed by atoms with E-state index in [4.69, 9.17) is 10.2 Å². The lowest BCUT2D eigenvalue weighted by atomic mass is 9.99. The number of carbonyl (C=O) groups is 7. The van der Waals surface area contributed by atoms with E-state index < -0.39 is 72.4 Å². The smallest absolute Gasteiger partial charge is 0.326 e. The molecule has 0 bridgehead atoms. The second kappa shape index (κ2) is 19.2. The Hall–Kier alpha value is -5.45. The van der Waals surface area contributed by atoms with Crippen molar-refractivity contribution in [1.29, 1.82) is 0 Å². The second-order valence-electron chi connectivity index (χ2n) is 14.9. The van der Waals surface area contributed by atoms with Crippen LogP contribution in [0.1, 0.15) is 75.9 Å². The third-order valence-electron chi connectivity index (χ3n) is 9.53. The number of aromatic hydroxyl groups is 1. The highest BCUT2D eigenvalue weighted by Crippen LogP contribution is 2.27. The summed E-state index contributed by atoms with van der Waals surface area (Å²) in [4.78, 5) is 98.2. The van der Waals surface area contributed by atoms with Gasteiger partial charge in [0.25, 0.3) is 5.91 Å². The number of hydrogen-bond donors (Lipinski definition) is 6. The maximum Gasteiger partial charge on any atom is 0.326 e. The van der Waals surface area contributed by atoms with E-state index in [1.807, 2.05) is 27.7 Å². The first-order chi connectivity index (χ1) is 26.1. The van der Waals surface area contributed by atoms with Crippen molar-refractivity contribution in [3.05, 3.63) is 54.0 Å². The average Bonchev–Trinajstić information content (AvgIpc) is 3.66. The highest BCUT2D eigenvalue weighted by molar-refractivity contribution is 5.98. The summed E-state index contributed by atoms with van der Waals surface area (Å²) in [5.41, 5.74) is 6.31. The van der Waals surface area contributed by atoms with Gasteiger partial charge < -0.3 is 51.0 Å². The number of aliphatic carboxylic acids is 1. The predicted octanol–water partition coefficient (Wildman–Crippen LogP) is 0.809. The number of furan rings is 1. The van der Waals surface area contributed by atoms with Gasteiger partial charge in [0.05, 0.1) is 19.4 Å². The van der Waals surface area contributed by atoms with Crippen molar-refractivity contribution in [3.63, 3.8) is 0 Å². The zero-order valence-electron chi connectivity index (χ0n) is 31.7. The Bertz CT molecular complexity index is 1680. The van der Waals surface area contributed by atoms with Gasteiger partial charge in [0, 0.05) is 12.8 Å². The Morgan fingerprint density at radius 1 is 0.927 bits per heavy atom. The molecule has 3 heterocycles. The largest absolute Gasteiger partial charge is 0.508 e. The molecule has 1 aromatic heterocycles. The Kier molecular flexibility index (Phi) is 14.8. The van der Waals surface area contributed by atoms with Gasteiger partial charge in [-0.25, -0.2) is 4.79 Å². The molecule has 17 heteroatoms. The molecule has 2 fully saturated rings. The van der Waals surface area contributed by atoms with Crippen LogP contribution in [-0.2, 0) is 35.2 Å². The minimum Gasteiger partial charge on any atom is -0.508 e. The number of nitrogens with zero attached hydrogens (tertiary/aromatic N) is 3. The van der Waals surface area contributed by atoms with Crippen LogP contribution in [0.4, 0.5) is 0 Å². The molecule has 1 aromatic carbocycles. The van der Waals surface area contributed by atoms with E-state index in [9.17, 15) is 43.8 Å². The monoisotopic (exact) mass is 767 g/mol. The summed E-state index contributed by atoms with van der Waals surface area (Å²) in [6.45, 7) is 6.75. The molecule has 2 saturated heterocycles. The normalized spacial score (nSPS) is 18.8. The van der Waals surface area contributed by atoms with Gasteiger partial charge in [0.15, 0.2) is 5.76 Å². The van der Waals surface area contributed by atoms with Crippen LogP contribution >= 0.6 is 0 Å². The fourth-order valence-electron chi connectivity index (χ4n) is 6.82. The summed E-state index contributed by atoms with van der Waals surface area (Å²) in [6.07, 6.45) is 1.62. The molecule has 0 aliphatic carbocycles. The summed E-state index contributed by atoms with van der Waals surface area (Å²) >= 11 is 0. The zero-order chi connectivity index (χ0) is 40.4. The maximum absolute atomic E-state index is 14.2. The van der Waals surface area contributed by atoms with E-state index in [2.05, 4.69) is 16.0 Å². The van der Waals surface area contributed by atoms with Crippen molar-refractivity contribution in [1.82, 2.24) is 30.7 Å². The zero-order valence-corrected chi connectivity index (χ0v) is 31.7. The minimum absolute atomic E-state index is 0.00184. The van der Waals surface area contributed by atoms with Crippen molar-refractivity contribution in [2.24, 2.45) is 17.6 Å². The Morgan fingerprint density at radius 3 is 2.22 bits per heavy atom. The predicted molar refractivity (Wildman–Crippen MR) is 198 cm³/mol. The molecule has 5 unspecified atom stereocenters. The van der Waals surface area contributed by atoms with Crippen LogP contribution in [0.25, 0.3) is 0 Å². The van der Waals surface area contributed by atoms with E-state index >= 15 is 0 Å². The highest BCUT2D eigenvalue weighted by atomic mass is 16.4. The Labute approximate surface area is 319 Å². The minimum atomic E-state index is -1.35. The van der Waals surface area contributed by atoms with Gasteiger partial charge >= 0.3 is 5.97 Å². The van der Waals surface area contributed by atoms with Crippen LogP contribution in [0.3, 0.4) is 0 Å². The quantitative estimate of drug-likeness (QED) is 0.116. The maximum atomic E-state index is 14.2. The van der Waals surface area contributed by atoms with E-state index in [1.165, 1.54) is 45.2 Å². The Balaban J connectivity index is 1.59. The molecule has 6 amide bonds. The molecular weight excluding hydrogens is 714 g/mol. The van der Waals surface area contributed by atoms with Crippen molar-refractivity contribution >= 4 is 41.4 Å². The molecule has 0 radical (unpaired) electrons. The number of unbranched alkanes of at least 4 members (excludes halogenated alkanes) is 1. The van der Waals surface area contributed by atoms with Crippen LogP contribution in [0.15, 0.2) is 47.1 Å². The Morgan fingerprint density at radius 2 is 1.62 bits per heavy atom. The molecule has 2 aromatic rings. The lowest BCUT2D eigenvalue weighted by Gasteiger charge is -2.51. The van der Waals surface area contributed by atoms with Crippen molar-refractivity contribution < 1.29 is 48.2 Å². The lowest BCUT2D eigenvalue weighted by molar-refractivity contribution is -0.165.